The van der Waals surface area contributed by atoms with E-state index in [0.29, 0.717) is 6.04 Å². The molecule has 1 aromatic rings. The van der Waals surface area contributed by atoms with E-state index in [1.54, 1.807) is 0 Å². The molecular weight excluding hydrogens is 274 g/mol. The highest BCUT2D eigenvalue weighted by molar-refractivity contribution is 9.10. The number of benzene rings is 1. The molecule has 0 amide bonds. The monoisotopic (exact) mass is 293 g/mol. The van der Waals surface area contributed by atoms with Gasteiger partial charge in [0.25, 0.3) is 0 Å². The Morgan fingerprint density at radius 1 is 1.29 bits per heavy atom. The van der Waals surface area contributed by atoms with E-state index in [9.17, 15) is 0 Å². The maximum absolute atomic E-state index is 3.64. The summed E-state index contributed by atoms with van der Waals surface area (Å²) in [4.78, 5) is 0. The van der Waals surface area contributed by atoms with Crippen LogP contribution >= 0.6 is 15.9 Å². The highest BCUT2D eigenvalue weighted by Gasteiger charge is 2.11. The molecule has 2 atom stereocenters. The van der Waals surface area contributed by atoms with Crippen molar-refractivity contribution in [3.63, 3.8) is 0 Å². The lowest BCUT2D eigenvalue weighted by Crippen LogP contribution is -2.26. The third-order valence-corrected chi connectivity index (χ3v) is 3.99. The fourth-order valence-electron chi connectivity index (χ4n) is 2.25. The van der Waals surface area contributed by atoms with Crippen LogP contribution in [-0.4, -0.2) is 6.54 Å². The molecule has 0 aromatic heterocycles. The van der Waals surface area contributed by atoms with Gasteiger partial charge in [-0.15, -0.1) is 0 Å². The summed E-state index contributed by atoms with van der Waals surface area (Å²) in [5, 5.41) is 3.64. The normalized spacial score (nSPS) is 21.4. The fourth-order valence-corrected chi connectivity index (χ4v) is 2.52. The van der Waals surface area contributed by atoms with Crippen molar-refractivity contribution in [3.8, 4) is 0 Å². The molecule has 0 spiro atoms. The molecule has 1 unspecified atom stereocenters. The molecule has 17 heavy (non-hydrogen) atoms. The van der Waals surface area contributed by atoms with Gasteiger partial charge in [0.2, 0.25) is 0 Å². The lowest BCUT2D eigenvalue weighted by Gasteiger charge is -2.21. The Morgan fingerprint density at radius 3 is 2.71 bits per heavy atom. The zero-order valence-corrected chi connectivity index (χ0v) is 11.9. The third-order valence-electron chi connectivity index (χ3n) is 3.46. The van der Waals surface area contributed by atoms with Crippen LogP contribution in [-0.2, 0) is 0 Å². The van der Waals surface area contributed by atoms with Crippen molar-refractivity contribution in [1.82, 2.24) is 5.32 Å². The zero-order chi connectivity index (χ0) is 12.1. The van der Waals surface area contributed by atoms with Crippen LogP contribution in [0.5, 0.6) is 0 Å². The Morgan fingerprint density at radius 2 is 2.06 bits per heavy atom. The van der Waals surface area contributed by atoms with Gasteiger partial charge in [0.1, 0.15) is 0 Å². The molecule has 0 saturated heterocycles. The Labute approximate surface area is 112 Å². The van der Waals surface area contributed by atoms with Crippen molar-refractivity contribution in [1.29, 1.82) is 0 Å². The van der Waals surface area contributed by atoms with Crippen molar-refractivity contribution < 1.29 is 0 Å². The topological polar surface area (TPSA) is 12.0 Å². The molecule has 0 fully saturated rings. The molecule has 2 rings (SSSR count). The van der Waals surface area contributed by atoms with Crippen molar-refractivity contribution in [2.45, 2.75) is 32.2 Å². The van der Waals surface area contributed by atoms with E-state index < -0.39 is 0 Å². The Bertz CT molecular complexity index is 369. The van der Waals surface area contributed by atoms with Gasteiger partial charge < -0.3 is 5.32 Å². The second-order valence-electron chi connectivity index (χ2n) is 4.83. The summed E-state index contributed by atoms with van der Waals surface area (Å²) in [5.74, 6) is 0.817. The van der Waals surface area contributed by atoms with Crippen LogP contribution in [0.2, 0.25) is 0 Å². The minimum Gasteiger partial charge on any atom is -0.310 e. The fraction of sp³-hybridized carbons (Fsp3) is 0.467. The summed E-state index contributed by atoms with van der Waals surface area (Å²) in [6.45, 7) is 3.36. The SMILES string of the molecule is C[C@@H](NCC1CC=CCC1)c1ccc(Br)cc1. The summed E-state index contributed by atoms with van der Waals surface area (Å²) in [5.41, 5.74) is 1.36. The second-order valence-corrected chi connectivity index (χ2v) is 5.75. The number of nitrogens with one attached hydrogen (secondary N) is 1. The van der Waals surface area contributed by atoms with E-state index in [4.69, 9.17) is 0 Å². The van der Waals surface area contributed by atoms with Crippen LogP contribution < -0.4 is 5.32 Å². The first kappa shape index (κ1) is 12.8. The molecular formula is C15H20BrN. The lowest BCUT2D eigenvalue weighted by molar-refractivity contribution is 0.415. The van der Waals surface area contributed by atoms with Gasteiger partial charge in [-0.05, 0) is 56.3 Å². The van der Waals surface area contributed by atoms with Gasteiger partial charge in [-0.25, -0.2) is 0 Å². The average molecular weight is 294 g/mol. The molecule has 0 saturated carbocycles. The van der Waals surface area contributed by atoms with Crippen molar-refractivity contribution in [3.05, 3.63) is 46.5 Å². The number of halogens is 1. The predicted octanol–water partition coefficient (Wildman–Crippen LogP) is 4.46. The van der Waals surface area contributed by atoms with E-state index in [1.165, 1.54) is 24.8 Å². The lowest BCUT2D eigenvalue weighted by atomic mass is 9.94. The van der Waals surface area contributed by atoms with E-state index in [0.717, 1.165) is 16.9 Å². The molecule has 0 aliphatic heterocycles. The van der Waals surface area contributed by atoms with Crippen LogP contribution in [0.15, 0.2) is 40.9 Å². The molecule has 0 bridgehead atoms. The largest absolute Gasteiger partial charge is 0.310 e. The molecule has 1 nitrogen and oxygen atoms in total. The Balaban J connectivity index is 1.82. The van der Waals surface area contributed by atoms with Crippen LogP contribution in [0.3, 0.4) is 0 Å². The summed E-state index contributed by atoms with van der Waals surface area (Å²) >= 11 is 3.47. The van der Waals surface area contributed by atoms with E-state index >= 15 is 0 Å². The van der Waals surface area contributed by atoms with Crippen LogP contribution in [0, 0.1) is 5.92 Å². The summed E-state index contributed by atoms with van der Waals surface area (Å²) in [7, 11) is 0. The molecule has 1 aromatic carbocycles. The average Bonchev–Trinajstić information content (AvgIpc) is 2.38. The van der Waals surface area contributed by atoms with Gasteiger partial charge >= 0.3 is 0 Å². The van der Waals surface area contributed by atoms with E-state index in [-0.39, 0.29) is 0 Å². The quantitative estimate of drug-likeness (QED) is 0.809. The van der Waals surface area contributed by atoms with Crippen LogP contribution in [0.4, 0.5) is 0 Å². The molecule has 1 N–H and O–H groups in total. The first-order chi connectivity index (χ1) is 8.25. The minimum absolute atomic E-state index is 0.439. The maximum Gasteiger partial charge on any atom is 0.0291 e. The van der Waals surface area contributed by atoms with Gasteiger partial charge in [0.15, 0.2) is 0 Å². The van der Waals surface area contributed by atoms with Gasteiger partial charge in [-0.3, -0.25) is 0 Å². The molecule has 92 valence electrons. The Hall–Kier alpha value is -0.600. The van der Waals surface area contributed by atoms with Gasteiger partial charge in [-0.2, -0.15) is 0 Å². The number of hydrogen-bond acceptors (Lipinski definition) is 1. The molecule has 1 aliphatic carbocycles. The maximum atomic E-state index is 3.64. The smallest absolute Gasteiger partial charge is 0.0291 e. The summed E-state index contributed by atoms with van der Waals surface area (Å²) in [6, 6.07) is 9.02. The highest BCUT2D eigenvalue weighted by Crippen LogP contribution is 2.20. The van der Waals surface area contributed by atoms with Crippen molar-refractivity contribution in [2.75, 3.05) is 6.54 Å². The highest BCUT2D eigenvalue weighted by atomic mass is 79.9. The van der Waals surface area contributed by atoms with Crippen LogP contribution in [0.1, 0.15) is 37.8 Å². The first-order valence-electron chi connectivity index (χ1n) is 6.39. The van der Waals surface area contributed by atoms with E-state index in [1.807, 2.05) is 0 Å². The first-order valence-corrected chi connectivity index (χ1v) is 7.19. The Kier molecular flexibility index (Phi) is 4.81. The van der Waals surface area contributed by atoms with Gasteiger partial charge in [-0.1, -0.05) is 40.2 Å². The van der Waals surface area contributed by atoms with Crippen molar-refractivity contribution in [2.24, 2.45) is 5.92 Å². The third kappa shape index (κ3) is 3.97. The van der Waals surface area contributed by atoms with Gasteiger partial charge in [0.05, 0.1) is 0 Å². The summed E-state index contributed by atoms with van der Waals surface area (Å²) < 4.78 is 1.14. The minimum atomic E-state index is 0.439. The molecule has 0 radical (unpaired) electrons. The standard InChI is InChI=1S/C15H20BrN/c1-12(14-7-9-15(16)10-8-14)17-11-13-5-3-2-4-6-13/h2-3,7-10,12-13,17H,4-6,11H2,1H3/t12-,13?/m1/s1. The second kappa shape index (κ2) is 6.36. The molecule has 1 aliphatic rings. The summed E-state index contributed by atoms with van der Waals surface area (Å²) in [6.07, 6.45) is 8.43. The number of allylic oxidation sites excluding steroid dienone is 2. The van der Waals surface area contributed by atoms with E-state index in [2.05, 4.69) is 64.6 Å². The van der Waals surface area contributed by atoms with Gasteiger partial charge in [0, 0.05) is 10.5 Å². The predicted molar refractivity (Wildman–Crippen MR) is 77.0 cm³/mol. The number of rotatable bonds is 4. The van der Waals surface area contributed by atoms with Crippen molar-refractivity contribution >= 4 is 15.9 Å². The molecule has 2 heteroatoms. The van der Waals surface area contributed by atoms with Crippen LogP contribution in [0.25, 0.3) is 0 Å². The number of hydrogen-bond donors (Lipinski definition) is 1. The zero-order valence-electron chi connectivity index (χ0n) is 10.3. The molecule has 0 heterocycles.